The highest BCUT2D eigenvalue weighted by atomic mass is 16.2. The highest BCUT2D eigenvalue weighted by Crippen LogP contribution is 2.16. The van der Waals surface area contributed by atoms with E-state index in [2.05, 4.69) is 10.6 Å². The van der Waals surface area contributed by atoms with Crippen molar-refractivity contribution >= 4 is 17.7 Å². The molecule has 0 bridgehead atoms. The summed E-state index contributed by atoms with van der Waals surface area (Å²) in [6.45, 7) is 6.59. The summed E-state index contributed by atoms with van der Waals surface area (Å²) in [7, 11) is 0. The smallest absolute Gasteiger partial charge is 0.253 e. The van der Waals surface area contributed by atoms with Crippen molar-refractivity contribution in [2.75, 3.05) is 13.1 Å². The lowest BCUT2D eigenvalue weighted by atomic mass is 9.99. The SMILES string of the molecule is CC(=O)N[C@@H](Cc1ccccc1C)C(=O)NC1CCN(C(=O)c2cccc(C)c2)CC1. The van der Waals surface area contributed by atoms with Crippen molar-refractivity contribution in [2.24, 2.45) is 0 Å². The van der Waals surface area contributed by atoms with Crippen LogP contribution in [-0.2, 0) is 16.0 Å². The minimum Gasteiger partial charge on any atom is -0.351 e. The van der Waals surface area contributed by atoms with Gasteiger partial charge in [0.15, 0.2) is 0 Å². The fraction of sp³-hybridized carbons (Fsp3) is 0.400. The molecule has 6 nitrogen and oxygen atoms in total. The number of nitrogens with one attached hydrogen (secondary N) is 2. The lowest BCUT2D eigenvalue weighted by Crippen LogP contribution is -2.53. The molecule has 1 aliphatic rings. The zero-order chi connectivity index (χ0) is 22.4. The lowest BCUT2D eigenvalue weighted by molar-refractivity contribution is -0.128. The Bertz CT molecular complexity index is 949. The first-order valence-electron chi connectivity index (χ1n) is 10.8. The third-order valence-corrected chi connectivity index (χ3v) is 5.77. The van der Waals surface area contributed by atoms with Gasteiger partial charge >= 0.3 is 0 Å². The number of carbonyl (C=O) groups is 3. The maximum atomic E-state index is 12.9. The molecule has 1 aliphatic heterocycles. The predicted octanol–water partition coefficient (Wildman–Crippen LogP) is 2.77. The Morgan fingerprint density at radius 3 is 2.39 bits per heavy atom. The molecular weight excluding hydrogens is 390 g/mol. The Morgan fingerprint density at radius 1 is 1.03 bits per heavy atom. The first-order chi connectivity index (χ1) is 14.8. The van der Waals surface area contributed by atoms with Crippen molar-refractivity contribution < 1.29 is 14.4 Å². The molecule has 6 heteroatoms. The van der Waals surface area contributed by atoms with Crippen LogP contribution in [0.2, 0.25) is 0 Å². The topological polar surface area (TPSA) is 78.5 Å². The van der Waals surface area contributed by atoms with E-state index >= 15 is 0 Å². The minimum atomic E-state index is -0.620. The Hall–Kier alpha value is -3.15. The van der Waals surface area contributed by atoms with Crippen LogP contribution in [0.1, 0.15) is 46.8 Å². The number of likely N-dealkylation sites (tertiary alicyclic amines) is 1. The quantitative estimate of drug-likeness (QED) is 0.753. The molecule has 0 spiro atoms. The standard InChI is InChI=1S/C25H31N3O3/c1-17-7-6-10-21(15-17)25(31)28-13-11-22(12-14-28)27-24(30)23(26-19(3)29)16-20-9-5-4-8-18(20)2/h4-10,15,22-23H,11-14,16H2,1-3H3,(H,26,29)(H,27,30)/t23-/m0/s1. The third-order valence-electron chi connectivity index (χ3n) is 5.77. The summed E-state index contributed by atoms with van der Waals surface area (Å²) < 4.78 is 0. The molecule has 0 saturated carbocycles. The molecule has 1 fully saturated rings. The van der Waals surface area contributed by atoms with Gasteiger partial charge in [0.25, 0.3) is 5.91 Å². The van der Waals surface area contributed by atoms with Crippen LogP contribution in [-0.4, -0.2) is 47.8 Å². The molecular formula is C25H31N3O3. The molecule has 2 N–H and O–H groups in total. The second-order valence-corrected chi connectivity index (χ2v) is 8.33. The second-order valence-electron chi connectivity index (χ2n) is 8.33. The highest BCUT2D eigenvalue weighted by Gasteiger charge is 2.27. The van der Waals surface area contributed by atoms with Crippen molar-refractivity contribution in [1.29, 1.82) is 0 Å². The minimum absolute atomic E-state index is 0.0119. The number of rotatable bonds is 6. The van der Waals surface area contributed by atoms with Crippen LogP contribution in [0.4, 0.5) is 0 Å². The summed E-state index contributed by atoms with van der Waals surface area (Å²) in [5.74, 6) is -0.377. The molecule has 0 aliphatic carbocycles. The first kappa shape index (κ1) is 22.5. The number of benzene rings is 2. The molecule has 3 rings (SSSR count). The van der Waals surface area contributed by atoms with Gasteiger partial charge in [0, 0.05) is 38.0 Å². The van der Waals surface area contributed by atoms with Gasteiger partial charge in [0.2, 0.25) is 11.8 Å². The van der Waals surface area contributed by atoms with Gasteiger partial charge in [-0.1, -0.05) is 42.0 Å². The van der Waals surface area contributed by atoms with Gasteiger partial charge in [0.05, 0.1) is 0 Å². The van der Waals surface area contributed by atoms with Crippen molar-refractivity contribution in [1.82, 2.24) is 15.5 Å². The van der Waals surface area contributed by atoms with Gasteiger partial charge in [-0.2, -0.15) is 0 Å². The Kier molecular flexibility index (Phi) is 7.45. The van der Waals surface area contributed by atoms with Crippen molar-refractivity contribution in [3.8, 4) is 0 Å². The van der Waals surface area contributed by atoms with Crippen LogP contribution in [0, 0.1) is 13.8 Å². The van der Waals surface area contributed by atoms with Crippen LogP contribution in [0.5, 0.6) is 0 Å². The van der Waals surface area contributed by atoms with Crippen molar-refractivity contribution in [2.45, 2.75) is 52.1 Å². The van der Waals surface area contributed by atoms with E-state index in [9.17, 15) is 14.4 Å². The predicted molar refractivity (Wildman–Crippen MR) is 121 cm³/mol. The fourth-order valence-electron chi connectivity index (χ4n) is 4.00. The van der Waals surface area contributed by atoms with Gasteiger partial charge in [0.1, 0.15) is 6.04 Å². The van der Waals surface area contributed by atoms with Crippen molar-refractivity contribution in [3.63, 3.8) is 0 Å². The summed E-state index contributed by atoms with van der Waals surface area (Å²) in [6.07, 6.45) is 1.84. The van der Waals surface area contributed by atoms with Crippen LogP contribution in [0.15, 0.2) is 48.5 Å². The van der Waals surface area contributed by atoms with Crippen molar-refractivity contribution in [3.05, 3.63) is 70.8 Å². The van der Waals surface area contributed by atoms with Gasteiger partial charge in [-0.25, -0.2) is 0 Å². The summed E-state index contributed by atoms with van der Waals surface area (Å²) >= 11 is 0. The summed E-state index contributed by atoms with van der Waals surface area (Å²) in [5, 5.41) is 5.86. The molecule has 0 radical (unpaired) electrons. The Balaban J connectivity index is 1.57. The number of hydrogen-bond donors (Lipinski definition) is 2. The monoisotopic (exact) mass is 421 g/mol. The summed E-state index contributed by atoms with van der Waals surface area (Å²) in [6, 6.07) is 14.9. The van der Waals surface area contributed by atoms with E-state index in [-0.39, 0.29) is 23.8 Å². The highest BCUT2D eigenvalue weighted by molar-refractivity contribution is 5.94. The maximum absolute atomic E-state index is 12.9. The molecule has 3 amide bonds. The Morgan fingerprint density at radius 2 is 1.74 bits per heavy atom. The van der Waals surface area contributed by atoms with E-state index in [1.54, 1.807) is 0 Å². The van der Waals surface area contributed by atoms with E-state index < -0.39 is 6.04 Å². The molecule has 164 valence electrons. The molecule has 0 unspecified atom stereocenters. The summed E-state index contributed by atoms with van der Waals surface area (Å²) in [5.41, 5.74) is 3.89. The molecule has 31 heavy (non-hydrogen) atoms. The number of aryl methyl sites for hydroxylation is 2. The van der Waals surface area contributed by atoms with E-state index in [1.807, 2.05) is 67.3 Å². The average molecular weight is 422 g/mol. The van der Waals surface area contributed by atoms with Crippen LogP contribution >= 0.6 is 0 Å². The Labute approximate surface area is 184 Å². The van der Waals surface area contributed by atoms with Crippen LogP contribution in [0.25, 0.3) is 0 Å². The average Bonchev–Trinajstić information content (AvgIpc) is 2.74. The van der Waals surface area contributed by atoms with Crippen LogP contribution in [0.3, 0.4) is 0 Å². The number of carbonyl (C=O) groups excluding carboxylic acids is 3. The largest absolute Gasteiger partial charge is 0.351 e. The lowest BCUT2D eigenvalue weighted by Gasteiger charge is -2.33. The zero-order valence-corrected chi connectivity index (χ0v) is 18.5. The molecule has 0 aromatic heterocycles. The zero-order valence-electron chi connectivity index (χ0n) is 18.5. The molecule has 2 aromatic carbocycles. The summed E-state index contributed by atoms with van der Waals surface area (Å²) in [4.78, 5) is 39.2. The fourth-order valence-corrected chi connectivity index (χ4v) is 4.00. The number of hydrogen-bond acceptors (Lipinski definition) is 3. The first-order valence-corrected chi connectivity index (χ1v) is 10.8. The normalized spacial score (nSPS) is 15.3. The number of piperidine rings is 1. The molecule has 2 aromatic rings. The van der Waals surface area contributed by atoms with Gasteiger partial charge in [-0.05, 0) is 49.9 Å². The van der Waals surface area contributed by atoms with Gasteiger partial charge < -0.3 is 15.5 Å². The third kappa shape index (κ3) is 6.17. The van der Waals surface area contributed by atoms with E-state index in [0.717, 1.165) is 16.7 Å². The molecule has 1 atom stereocenters. The van der Waals surface area contributed by atoms with E-state index in [4.69, 9.17) is 0 Å². The molecule has 1 saturated heterocycles. The van der Waals surface area contributed by atoms with Gasteiger partial charge in [-0.15, -0.1) is 0 Å². The second kappa shape index (κ2) is 10.2. The van der Waals surface area contributed by atoms with E-state index in [0.29, 0.717) is 37.9 Å². The maximum Gasteiger partial charge on any atom is 0.253 e. The van der Waals surface area contributed by atoms with Gasteiger partial charge in [-0.3, -0.25) is 14.4 Å². The van der Waals surface area contributed by atoms with Crippen LogP contribution < -0.4 is 10.6 Å². The number of amides is 3. The molecule has 1 heterocycles. The number of nitrogens with zero attached hydrogens (tertiary/aromatic N) is 1. The van der Waals surface area contributed by atoms with E-state index in [1.165, 1.54) is 6.92 Å².